The highest BCUT2D eigenvalue weighted by atomic mass is 16.5. The van der Waals surface area contributed by atoms with Gasteiger partial charge in [-0.2, -0.15) is 0 Å². The highest BCUT2D eigenvalue weighted by molar-refractivity contribution is 5.99. The second kappa shape index (κ2) is 5.49. The van der Waals surface area contributed by atoms with Crippen molar-refractivity contribution in [3.63, 3.8) is 0 Å². The van der Waals surface area contributed by atoms with Crippen molar-refractivity contribution in [1.29, 1.82) is 0 Å². The van der Waals surface area contributed by atoms with Crippen LogP contribution in [-0.2, 0) is 16.0 Å². The molecule has 4 heteroatoms. The molecule has 0 amide bonds. The highest BCUT2D eigenvalue weighted by Gasteiger charge is 2.29. The molecule has 2 aliphatic carbocycles. The number of rotatable bonds is 3. The molecule has 0 aromatic carbocycles. The topological polar surface area (TPSA) is 55.0 Å². The first kappa shape index (κ1) is 12.9. The normalized spacial score (nSPS) is 22.4. The first-order valence-electron chi connectivity index (χ1n) is 6.93. The van der Waals surface area contributed by atoms with E-state index in [4.69, 9.17) is 4.74 Å². The molecule has 4 nitrogen and oxygen atoms in total. The van der Waals surface area contributed by atoms with Crippen LogP contribution in [0.1, 0.15) is 25.0 Å². The van der Waals surface area contributed by atoms with Crippen molar-refractivity contribution in [1.82, 2.24) is 9.97 Å². The fourth-order valence-corrected chi connectivity index (χ4v) is 2.89. The number of hydrogen-bond acceptors (Lipinski definition) is 3. The van der Waals surface area contributed by atoms with Crippen molar-refractivity contribution in [3.8, 4) is 0 Å². The van der Waals surface area contributed by atoms with E-state index in [1.54, 1.807) is 19.6 Å². The van der Waals surface area contributed by atoms with Gasteiger partial charge in [-0.25, -0.2) is 4.98 Å². The van der Waals surface area contributed by atoms with E-state index in [1.165, 1.54) is 5.57 Å². The number of allylic oxidation sites excluding steroid dienone is 5. The minimum absolute atomic E-state index is 0.0695. The Morgan fingerprint density at radius 3 is 3.10 bits per heavy atom. The van der Waals surface area contributed by atoms with Crippen LogP contribution in [0, 0.1) is 5.92 Å². The summed E-state index contributed by atoms with van der Waals surface area (Å²) in [6.45, 7) is 0. The molecule has 1 atom stereocenters. The Morgan fingerprint density at radius 2 is 2.35 bits per heavy atom. The molecule has 0 aliphatic heterocycles. The SMILES string of the molecule is COC1=CCC2=C(C=C1)CCC(Cc1cnc[nH]1)C2=O. The Kier molecular flexibility index (Phi) is 3.54. The van der Waals surface area contributed by atoms with Crippen LogP contribution in [-0.4, -0.2) is 22.9 Å². The zero-order valence-corrected chi connectivity index (χ0v) is 11.6. The Bertz CT molecular complexity index is 594. The lowest BCUT2D eigenvalue weighted by atomic mass is 9.79. The van der Waals surface area contributed by atoms with Crippen LogP contribution in [0.2, 0.25) is 0 Å². The van der Waals surface area contributed by atoms with Crippen LogP contribution in [0.5, 0.6) is 0 Å². The maximum absolute atomic E-state index is 12.6. The number of carbonyl (C=O) groups is 1. The van der Waals surface area contributed by atoms with Gasteiger partial charge in [0.15, 0.2) is 5.78 Å². The van der Waals surface area contributed by atoms with Crippen molar-refractivity contribution in [2.45, 2.75) is 25.7 Å². The summed E-state index contributed by atoms with van der Waals surface area (Å²) in [5.74, 6) is 1.18. The lowest BCUT2D eigenvalue weighted by Crippen LogP contribution is -2.24. The average molecular weight is 270 g/mol. The maximum Gasteiger partial charge on any atom is 0.162 e. The van der Waals surface area contributed by atoms with Gasteiger partial charge < -0.3 is 9.72 Å². The third kappa shape index (κ3) is 2.46. The number of ether oxygens (including phenoxy) is 1. The lowest BCUT2D eigenvalue weighted by molar-refractivity contribution is -0.120. The second-order valence-corrected chi connectivity index (χ2v) is 5.23. The third-order valence-corrected chi connectivity index (χ3v) is 4.03. The van der Waals surface area contributed by atoms with Gasteiger partial charge in [-0.1, -0.05) is 6.08 Å². The number of Topliss-reactive ketones (excluding diaryl/α,β-unsaturated/α-hetero) is 1. The summed E-state index contributed by atoms with van der Waals surface area (Å²) >= 11 is 0. The first-order valence-corrected chi connectivity index (χ1v) is 6.93. The largest absolute Gasteiger partial charge is 0.497 e. The average Bonchev–Trinajstić information content (AvgIpc) is 2.87. The van der Waals surface area contributed by atoms with Crippen LogP contribution in [0.4, 0.5) is 0 Å². The number of aromatic amines is 1. The monoisotopic (exact) mass is 270 g/mol. The number of carbonyl (C=O) groups excluding carboxylic acids is 1. The molecule has 0 saturated carbocycles. The quantitative estimate of drug-likeness (QED) is 0.918. The highest BCUT2D eigenvalue weighted by Crippen LogP contribution is 2.33. The third-order valence-electron chi connectivity index (χ3n) is 4.03. The molecule has 2 aliphatic rings. The number of ketones is 1. The van der Waals surface area contributed by atoms with Crippen molar-refractivity contribution in [2.24, 2.45) is 5.92 Å². The Hall–Kier alpha value is -2.10. The summed E-state index contributed by atoms with van der Waals surface area (Å²) in [5.41, 5.74) is 3.15. The molecule has 0 fully saturated rings. The van der Waals surface area contributed by atoms with Gasteiger partial charge in [-0.15, -0.1) is 0 Å². The molecular formula is C16H18N2O2. The van der Waals surface area contributed by atoms with Crippen LogP contribution in [0.25, 0.3) is 0 Å². The number of H-pyrrole nitrogens is 1. The second-order valence-electron chi connectivity index (χ2n) is 5.23. The molecule has 1 N–H and O–H groups in total. The van der Waals surface area contributed by atoms with Crippen LogP contribution in [0.3, 0.4) is 0 Å². The molecule has 1 aromatic heterocycles. The van der Waals surface area contributed by atoms with Gasteiger partial charge in [-0.3, -0.25) is 4.79 Å². The fraction of sp³-hybridized carbons (Fsp3) is 0.375. The minimum atomic E-state index is 0.0695. The van der Waals surface area contributed by atoms with E-state index < -0.39 is 0 Å². The van der Waals surface area contributed by atoms with Crippen molar-refractivity contribution < 1.29 is 9.53 Å². The van der Waals surface area contributed by atoms with Gasteiger partial charge in [0.1, 0.15) is 5.76 Å². The van der Waals surface area contributed by atoms with Gasteiger partial charge >= 0.3 is 0 Å². The predicted molar refractivity (Wildman–Crippen MR) is 75.9 cm³/mol. The lowest BCUT2D eigenvalue weighted by Gasteiger charge is -2.23. The summed E-state index contributed by atoms with van der Waals surface area (Å²) in [6.07, 6.45) is 12.7. The first-order chi connectivity index (χ1) is 9.78. The van der Waals surface area contributed by atoms with E-state index in [2.05, 4.69) is 9.97 Å². The van der Waals surface area contributed by atoms with E-state index in [-0.39, 0.29) is 11.7 Å². The van der Waals surface area contributed by atoms with Gasteiger partial charge in [0, 0.05) is 23.4 Å². The minimum Gasteiger partial charge on any atom is -0.497 e. The summed E-state index contributed by atoms with van der Waals surface area (Å²) < 4.78 is 5.25. The summed E-state index contributed by atoms with van der Waals surface area (Å²) in [4.78, 5) is 19.7. The summed E-state index contributed by atoms with van der Waals surface area (Å²) in [7, 11) is 1.66. The Morgan fingerprint density at radius 1 is 1.45 bits per heavy atom. The van der Waals surface area contributed by atoms with Crippen LogP contribution >= 0.6 is 0 Å². The van der Waals surface area contributed by atoms with Crippen molar-refractivity contribution in [3.05, 3.63) is 53.4 Å². The number of aromatic nitrogens is 2. The fourth-order valence-electron chi connectivity index (χ4n) is 2.89. The summed E-state index contributed by atoms with van der Waals surface area (Å²) in [6, 6.07) is 0. The number of hydrogen-bond donors (Lipinski definition) is 1. The Balaban J connectivity index is 1.79. The molecule has 1 heterocycles. The zero-order chi connectivity index (χ0) is 13.9. The molecule has 0 saturated heterocycles. The van der Waals surface area contributed by atoms with Gasteiger partial charge in [0.2, 0.25) is 0 Å². The molecule has 104 valence electrons. The van der Waals surface area contributed by atoms with Crippen LogP contribution in [0.15, 0.2) is 47.7 Å². The molecule has 0 bridgehead atoms. The Labute approximate surface area is 118 Å². The van der Waals surface area contributed by atoms with E-state index in [0.29, 0.717) is 6.42 Å². The standard InChI is InChI=1S/C16H18N2O2/c1-20-14-5-4-11-2-3-12(8-13-9-17-10-18-13)16(19)15(11)7-6-14/h4-6,9-10,12H,2-3,7-8H2,1H3,(H,17,18). The molecule has 3 rings (SSSR count). The van der Waals surface area contributed by atoms with E-state index in [9.17, 15) is 4.79 Å². The molecule has 20 heavy (non-hydrogen) atoms. The molecule has 1 aromatic rings. The maximum atomic E-state index is 12.6. The van der Waals surface area contributed by atoms with Gasteiger partial charge in [-0.05, 0) is 43.4 Å². The number of nitrogens with zero attached hydrogens (tertiary/aromatic N) is 1. The van der Waals surface area contributed by atoms with Crippen molar-refractivity contribution in [2.75, 3.05) is 7.11 Å². The molecule has 0 spiro atoms. The molecule has 1 unspecified atom stereocenters. The van der Waals surface area contributed by atoms with Crippen LogP contribution < -0.4 is 0 Å². The molecular weight excluding hydrogens is 252 g/mol. The van der Waals surface area contributed by atoms with E-state index in [1.807, 2.05) is 18.2 Å². The molecule has 0 radical (unpaired) electrons. The zero-order valence-electron chi connectivity index (χ0n) is 11.6. The van der Waals surface area contributed by atoms with Gasteiger partial charge in [0.25, 0.3) is 0 Å². The van der Waals surface area contributed by atoms with E-state index >= 15 is 0 Å². The summed E-state index contributed by atoms with van der Waals surface area (Å²) in [5, 5.41) is 0. The van der Waals surface area contributed by atoms with Gasteiger partial charge in [0.05, 0.1) is 13.4 Å². The number of methoxy groups -OCH3 is 1. The predicted octanol–water partition coefficient (Wildman–Crippen LogP) is 2.72. The smallest absolute Gasteiger partial charge is 0.162 e. The number of nitrogens with one attached hydrogen (secondary N) is 1. The number of imidazole rings is 1. The van der Waals surface area contributed by atoms with Crippen molar-refractivity contribution >= 4 is 5.78 Å². The van der Waals surface area contributed by atoms with E-state index in [0.717, 1.165) is 36.3 Å².